The van der Waals surface area contributed by atoms with E-state index in [1.165, 1.54) is 15.7 Å². The largest absolute Gasteiger partial charge is 0.397 e. The molecule has 0 fully saturated rings. The molecule has 0 saturated carbocycles. The Balaban J connectivity index is 1.70. The second-order valence-corrected chi connectivity index (χ2v) is 7.37. The molecule has 0 unspecified atom stereocenters. The van der Waals surface area contributed by atoms with Crippen molar-refractivity contribution in [3.05, 3.63) is 111 Å². The SMILES string of the molecule is C=C/C=c1/c(=O)n2c(n/c1=C/C)C(=O)c1cc(CN(N)/C=C(\N)c3ccccc3)ccc1-2. The molecule has 0 spiro atoms. The van der Waals surface area contributed by atoms with Crippen molar-refractivity contribution in [3.63, 3.8) is 0 Å². The molecule has 160 valence electrons. The van der Waals surface area contributed by atoms with Gasteiger partial charge in [-0.1, -0.05) is 55.1 Å². The number of allylic oxidation sites excluding steroid dienone is 1. The lowest BCUT2D eigenvalue weighted by Gasteiger charge is -2.16. The van der Waals surface area contributed by atoms with E-state index in [1.807, 2.05) is 36.4 Å². The maximum absolute atomic E-state index is 13.1. The van der Waals surface area contributed by atoms with E-state index in [1.54, 1.807) is 37.4 Å². The number of aromatic nitrogens is 2. The number of carbonyl (C=O) groups is 1. The summed E-state index contributed by atoms with van der Waals surface area (Å²) < 4.78 is 1.36. The summed E-state index contributed by atoms with van der Waals surface area (Å²) in [5.74, 6) is 5.94. The highest BCUT2D eigenvalue weighted by Gasteiger charge is 2.30. The van der Waals surface area contributed by atoms with Gasteiger partial charge >= 0.3 is 0 Å². The van der Waals surface area contributed by atoms with Gasteiger partial charge in [-0.05, 0) is 36.3 Å². The molecule has 32 heavy (non-hydrogen) atoms. The van der Waals surface area contributed by atoms with Crippen LogP contribution in [0.3, 0.4) is 0 Å². The monoisotopic (exact) mass is 425 g/mol. The normalized spacial score (nSPS) is 13.8. The lowest BCUT2D eigenvalue weighted by molar-refractivity contribution is 0.103. The molecular formula is C25H23N5O2. The van der Waals surface area contributed by atoms with Crippen LogP contribution in [0.1, 0.15) is 34.2 Å². The first-order chi connectivity index (χ1) is 15.4. The van der Waals surface area contributed by atoms with E-state index in [0.29, 0.717) is 34.1 Å². The Kier molecular flexibility index (Phi) is 5.57. The summed E-state index contributed by atoms with van der Waals surface area (Å²) in [4.78, 5) is 30.5. The van der Waals surface area contributed by atoms with Crippen LogP contribution in [0.15, 0.2) is 72.2 Å². The minimum atomic E-state index is -0.304. The second-order valence-electron chi connectivity index (χ2n) is 7.37. The molecule has 0 aliphatic carbocycles. The van der Waals surface area contributed by atoms with Crippen LogP contribution >= 0.6 is 0 Å². The maximum Gasteiger partial charge on any atom is 0.266 e. The third kappa shape index (κ3) is 3.66. The summed E-state index contributed by atoms with van der Waals surface area (Å²) in [6, 6.07) is 14.8. The summed E-state index contributed by atoms with van der Waals surface area (Å²) >= 11 is 0. The first-order valence-electron chi connectivity index (χ1n) is 10.1. The van der Waals surface area contributed by atoms with E-state index in [4.69, 9.17) is 11.6 Å². The topological polar surface area (TPSA) is 107 Å². The first-order valence-corrected chi connectivity index (χ1v) is 10.1. The molecule has 0 bridgehead atoms. The fourth-order valence-electron chi connectivity index (χ4n) is 3.74. The van der Waals surface area contributed by atoms with Crippen LogP contribution in [0.2, 0.25) is 0 Å². The third-order valence-corrected chi connectivity index (χ3v) is 5.23. The molecule has 0 saturated heterocycles. The highest BCUT2D eigenvalue weighted by molar-refractivity contribution is 6.12. The lowest BCUT2D eigenvalue weighted by Crippen LogP contribution is -2.47. The number of hydrazine groups is 1. The van der Waals surface area contributed by atoms with Gasteiger partial charge in [0.25, 0.3) is 5.56 Å². The molecule has 4 N–H and O–H groups in total. The first kappa shape index (κ1) is 21.0. The number of ketones is 1. The van der Waals surface area contributed by atoms with Crippen LogP contribution in [-0.2, 0) is 6.54 Å². The van der Waals surface area contributed by atoms with E-state index in [2.05, 4.69) is 11.6 Å². The molecule has 1 aliphatic rings. The summed E-state index contributed by atoms with van der Waals surface area (Å²) in [7, 11) is 0. The van der Waals surface area contributed by atoms with E-state index in [0.717, 1.165) is 11.1 Å². The predicted molar refractivity (Wildman–Crippen MR) is 126 cm³/mol. The molecule has 1 aliphatic heterocycles. The molecule has 2 heterocycles. The minimum Gasteiger partial charge on any atom is -0.397 e. The van der Waals surface area contributed by atoms with Gasteiger partial charge in [-0.3, -0.25) is 14.2 Å². The summed E-state index contributed by atoms with van der Waals surface area (Å²) in [6.07, 6.45) is 6.48. The highest BCUT2D eigenvalue weighted by atomic mass is 16.1. The van der Waals surface area contributed by atoms with Gasteiger partial charge in [-0.25, -0.2) is 10.8 Å². The molecule has 2 aromatic carbocycles. The van der Waals surface area contributed by atoms with E-state index >= 15 is 0 Å². The molecule has 3 aromatic rings. The average molecular weight is 425 g/mol. The Morgan fingerprint density at radius 3 is 2.62 bits per heavy atom. The number of fused-ring (bicyclic) bond motifs is 3. The molecule has 0 amide bonds. The zero-order valence-electron chi connectivity index (χ0n) is 17.7. The van der Waals surface area contributed by atoms with Gasteiger partial charge < -0.3 is 10.7 Å². The number of nitrogens with two attached hydrogens (primary N) is 2. The smallest absolute Gasteiger partial charge is 0.266 e. The lowest BCUT2D eigenvalue weighted by atomic mass is 10.1. The molecule has 7 heteroatoms. The highest BCUT2D eigenvalue weighted by Crippen LogP contribution is 2.25. The zero-order valence-corrected chi connectivity index (χ0v) is 17.7. The molecule has 4 rings (SSSR count). The van der Waals surface area contributed by atoms with Crippen LogP contribution < -0.4 is 27.7 Å². The van der Waals surface area contributed by atoms with Gasteiger partial charge in [0.2, 0.25) is 5.78 Å². The van der Waals surface area contributed by atoms with Gasteiger partial charge in [0.1, 0.15) is 0 Å². The maximum atomic E-state index is 13.1. The predicted octanol–water partition coefficient (Wildman–Crippen LogP) is 1.18. The van der Waals surface area contributed by atoms with Crippen molar-refractivity contribution < 1.29 is 4.79 Å². The van der Waals surface area contributed by atoms with Crippen molar-refractivity contribution in [3.8, 4) is 5.69 Å². The van der Waals surface area contributed by atoms with Crippen molar-refractivity contribution >= 4 is 23.6 Å². The van der Waals surface area contributed by atoms with Crippen LogP contribution in [0, 0.1) is 0 Å². The van der Waals surface area contributed by atoms with E-state index in [9.17, 15) is 9.59 Å². The van der Waals surface area contributed by atoms with Crippen LogP contribution in [0.25, 0.3) is 23.5 Å². The number of benzene rings is 2. The van der Waals surface area contributed by atoms with Crippen molar-refractivity contribution in [1.82, 2.24) is 14.6 Å². The minimum absolute atomic E-state index is 0.106. The number of nitrogens with zero attached hydrogens (tertiary/aromatic N) is 3. The van der Waals surface area contributed by atoms with E-state index < -0.39 is 0 Å². The Bertz CT molecular complexity index is 1440. The molecule has 0 radical (unpaired) electrons. The fourth-order valence-corrected chi connectivity index (χ4v) is 3.74. The number of carbonyl (C=O) groups excluding carboxylic acids is 1. The van der Waals surface area contributed by atoms with Crippen molar-refractivity contribution in [2.24, 2.45) is 11.6 Å². The number of hydrogen-bond donors (Lipinski definition) is 2. The Morgan fingerprint density at radius 1 is 1.19 bits per heavy atom. The fraction of sp³-hybridized carbons (Fsp3) is 0.0800. The third-order valence-electron chi connectivity index (χ3n) is 5.23. The van der Waals surface area contributed by atoms with Crippen molar-refractivity contribution in [2.45, 2.75) is 13.5 Å². The van der Waals surface area contributed by atoms with Gasteiger partial charge in [0, 0.05) is 6.20 Å². The van der Waals surface area contributed by atoms with Crippen molar-refractivity contribution in [1.29, 1.82) is 0 Å². The average Bonchev–Trinajstić information content (AvgIpc) is 3.07. The van der Waals surface area contributed by atoms with Crippen LogP contribution in [0.5, 0.6) is 0 Å². The van der Waals surface area contributed by atoms with E-state index in [-0.39, 0.29) is 17.2 Å². The van der Waals surface area contributed by atoms with Crippen LogP contribution in [0.4, 0.5) is 0 Å². The molecule has 7 nitrogen and oxygen atoms in total. The summed E-state index contributed by atoms with van der Waals surface area (Å²) in [6.45, 7) is 5.76. The number of rotatable bonds is 5. The van der Waals surface area contributed by atoms with Gasteiger partial charge in [0.05, 0.1) is 34.1 Å². The molecular weight excluding hydrogens is 402 g/mol. The van der Waals surface area contributed by atoms with Gasteiger partial charge in [-0.15, -0.1) is 0 Å². The van der Waals surface area contributed by atoms with Gasteiger partial charge in [-0.2, -0.15) is 0 Å². The number of hydrogen-bond acceptors (Lipinski definition) is 6. The molecule has 1 aromatic heterocycles. The molecule has 0 atom stereocenters. The Labute approximate surface area is 184 Å². The van der Waals surface area contributed by atoms with Crippen LogP contribution in [-0.4, -0.2) is 20.3 Å². The quantitative estimate of drug-likeness (QED) is 0.367. The summed E-state index contributed by atoms with van der Waals surface area (Å²) in [5, 5.41) is 2.31. The van der Waals surface area contributed by atoms with Crippen molar-refractivity contribution in [2.75, 3.05) is 0 Å². The second kappa shape index (κ2) is 8.49. The van der Waals surface area contributed by atoms with Gasteiger partial charge in [0.15, 0.2) is 5.82 Å². The summed E-state index contributed by atoms with van der Waals surface area (Å²) in [5.41, 5.74) is 8.95. The Morgan fingerprint density at radius 2 is 1.94 bits per heavy atom. The zero-order chi connectivity index (χ0) is 22.8. The standard InChI is InChI=1S/C25H23N5O2/c1-3-8-18-21(4-2)28-24-23(31)19-13-16(11-12-22(19)30(24)25(18)32)14-29(27)15-20(26)17-9-6-5-7-10-17/h3-13,15H,1,14,26-27H2,2H3/b18-8+,20-15-,21-4+. The Hall–Kier alpha value is -4.23.